The van der Waals surface area contributed by atoms with Crippen LogP contribution < -0.4 is 0 Å². The van der Waals surface area contributed by atoms with Crippen molar-refractivity contribution in [1.29, 1.82) is 0 Å². The number of hydrogen-bond donors (Lipinski definition) is 0. The minimum Gasteiger partial charge on any atom is -0.383 e. The molecule has 2 aromatic rings. The van der Waals surface area contributed by atoms with Crippen LogP contribution in [0.3, 0.4) is 0 Å². The van der Waals surface area contributed by atoms with Crippen molar-refractivity contribution in [1.82, 2.24) is 19.7 Å². The maximum atomic E-state index is 12.7. The standard InChI is InChI=1S/C15H17F2N5O4S/c1-20-9-18-19-15(20)27-12-4-3-10(7-11(12)22(24)25)14(23)21(5-6-26-2)8-13(16)17/h3-4,7,9,13H,5-6,8H2,1-2H3. The Hall–Kier alpha value is -2.60. The molecule has 27 heavy (non-hydrogen) atoms. The van der Waals surface area contributed by atoms with Crippen molar-refractivity contribution in [2.45, 2.75) is 16.5 Å². The highest BCUT2D eigenvalue weighted by molar-refractivity contribution is 7.99. The summed E-state index contributed by atoms with van der Waals surface area (Å²) in [5.41, 5.74) is -0.377. The lowest BCUT2D eigenvalue weighted by Gasteiger charge is -2.22. The fourth-order valence-electron chi connectivity index (χ4n) is 2.17. The number of nitro groups is 1. The molecule has 0 saturated heterocycles. The van der Waals surface area contributed by atoms with Gasteiger partial charge in [-0.05, 0) is 23.9 Å². The molecule has 1 heterocycles. The summed E-state index contributed by atoms with van der Waals surface area (Å²) in [5.74, 6) is -0.731. The van der Waals surface area contributed by atoms with E-state index in [1.54, 1.807) is 11.6 Å². The van der Waals surface area contributed by atoms with E-state index in [1.165, 1.54) is 25.6 Å². The average Bonchev–Trinajstić information content (AvgIpc) is 3.02. The van der Waals surface area contributed by atoms with Gasteiger partial charge in [0.25, 0.3) is 18.0 Å². The van der Waals surface area contributed by atoms with Gasteiger partial charge in [-0.25, -0.2) is 8.78 Å². The first-order chi connectivity index (χ1) is 12.8. The first-order valence-electron chi connectivity index (χ1n) is 7.70. The van der Waals surface area contributed by atoms with Crippen LogP contribution in [0.1, 0.15) is 10.4 Å². The van der Waals surface area contributed by atoms with Gasteiger partial charge in [-0.15, -0.1) is 10.2 Å². The molecule has 0 radical (unpaired) electrons. The molecule has 0 bridgehead atoms. The van der Waals surface area contributed by atoms with Crippen molar-refractivity contribution in [3.8, 4) is 0 Å². The monoisotopic (exact) mass is 401 g/mol. The van der Waals surface area contributed by atoms with Gasteiger partial charge in [-0.2, -0.15) is 0 Å². The summed E-state index contributed by atoms with van der Waals surface area (Å²) in [5, 5.41) is 19.4. The molecule has 0 aliphatic heterocycles. The van der Waals surface area contributed by atoms with Crippen molar-refractivity contribution < 1.29 is 23.2 Å². The number of carbonyl (C=O) groups is 1. The molecule has 0 atom stereocenters. The van der Waals surface area contributed by atoms with E-state index in [1.807, 2.05) is 0 Å². The molecule has 0 fully saturated rings. The smallest absolute Gasteiger partial charge is 0.284 e. The second kappa shape index (κ2) is 9.37. The molecule has 1 amide bonds. The van der Waals surface area contributed by atoms with Crippen LogP contribution in [0.2, 0.25) is 0 Å². The van der Waals surface area contributed by atoms with E-state index in [2.05, 4.69) is 10.2 Å². The normalized spacial score (nSPS) is 11.0. The number of aromatic nitrogens is 3. The van der Waals surface area contributed by atoms with Crippen molar-refractivity contribution in [2.24, 2.45) is 7.05 Å². The Labute approximate surface area is 157 Å². The first-order valence-corrected chi connectivity index (χ1v) is 8.51. The number of alkyl halides is 2. The van der Waals surface area contributed by atoms with Gasteiger partial charge in [-0.1, -0.05) is 0 Å². The van der Waals surface area contributed by atoms with E-state index in [4.69, 9.17) is 4.74 Å². The van der Waals surface area contributed by atoms with Crippen LogP contribution in [0.4, 0.5) is 14.5 Å². The summed E-state index contributed by atoms with van der Waals surface area (Å²) >= 11 is 1.01. The number of halogens is 2. The van der Waals surface area contributed by atoms with Crippen LogP contribution in [0.5, 0.6) is 0 Å². The molecule has 2 rings (SSSR count). The Bertz CT molecular complexity index is 817. The van der Waals surface area contributed by atoms with Gasteiger partial charge < -0.3 is 14.2 Å². The summed E-state index contributed by atoms with van der Waals surface area (Å²) in [6.07, 6.45) is -1.28. The third-order valence-electron chi connectivity index (χ3n) is 3.48. The molecule has 0 spiro atoms. The minimum atomic E-state index is -2.73. The predicted octanol–water partition coefficient (Wildman–Crippen LogP) is 2.23. The number of ether oxygens (including phenoxy) is 1. The number of carbonyl (C=O) groups excluding carboxylic acids is 1. The summed E-state index contributed by atoms with van der Waals surface area (Å²) in [7, 11) is 3.07. The Morgan fingerprint density at radius 2 is 2.22 bits per heavy atom. The summed E-state index contributed by atoms with van der Waals surface area (Å²) < 4.78 is 31.9. The molecule has 9 nitrogen and oxygen atoms in total. The molecule has 0 aliphatic rings. The predicted molar refractivity (Wildman–Crippen MR) is 92.0 cm³/mol. The maximum Gasteiger partial charge on any atom is 0.284 e. The van der Waals surface area contributed by atoms with E-state index in [-0.39, 0.29) is 29.3 Å². The van der Waals surface area contributed by atoms with E-state index >= 15 is 0 Å². The van der Waals surface area contributed by atoms with Crippen LogP contribution in [0, 0.1) is 10.1 Å². The van der Waals surface area contributed by atoms with E-state index in [0.717, 1.165) is 22.7 Å². The number of methoxy groups -OCH3 is 1. The quantitative estimate of drug-likeness (QED) is 0.469. The highest BCUT2D eigenvalue weighted by Gasteiger charge is 2.24. The molecule has 146 valence electrons. The van der Waals surface area contributed by atoms with Gasteiger partial charge in [0.15, 0.2) is 5.16 Å². The maximum absolute atomic E-state index is 12.7. The summed E-state index contributed by atoms with van der Waals surface area (Å²) in [6, 6.07) is 3.83. The van der Waals surface area contributed by atoms with E-state index < -0.39 is 23.8 Å². The molecular formula is C15H17F2N5O4S. The molecule has 12 heteroatoms. The second-order valence-corrected chi connectivity index (χ2v) is 6.41. The van der Waals surface area contributed by atoms with Crippen molar-refractivity contribution >= 4 is 23.4 Å². The van der Waals surface area contributed by atoms with Gasteiger partial charge in [-0.3, -0.25) is 14.9 Å². The molecule has 0 aliphatic carbocycles. The van der Waals surface area contributed by atoms with Crippen LogP contribution in [0.25, 0.3) is 0 Å². The van der Waals surface area contributed by atoms with Gasteiger partial charge in [0, 0.05) is 32.3 Å². The van der Waals surface area contributed by atoms with Crippen molar-refractivity contribution in [2.75, 3.05) is 26.8 Å². The van der Waals surface area contributed by atoms with Crippen LogP contribution >= 0.6 is 11.8 Å². The van der Waals surface area contributed by atoms with E-state index in [9.17, 15) is 23.7 Å². The highest BCUT2D eigenvalue weighted by Crippen LogP contribution is 2.34. The zero-order valence-corrected chi connectivity index (χ0v) is 15.4. The molecule has 1 aromatic heterocycles. The van der Waals surface area contributed by atoms with Crippen molar-refractivity contribution in [3.05, 3.63) is 40.2 Å². The number of nitrogens with zero attached hydrogens (tertiary/aromatic N) is 5. The van der Waals surface area contributed by atoms with Crippen LogP contribution in [0.15, 0.2) is 34.6 Å². The van der Waals surface area contributed by atoms with Gasteiger partial charge in [0.2, 0.25) is 0 Å². The Balaban J connectivity index is 2.31. The Morgan fingerprint density at radius 3 is 2.78 bits per heavy atom. The van der Waals surface area contributed by atoms with Gasteiger partial charge in [0.1, 0.15) is 6.33 Å². The Kier molecular flexibility index (Phi) is 7.19. The summed E-state index contributed by atoms with van der Waals surface area (Å²) in [6.45, 7) is -0.769. The molecule has 0 unspecified atom stereocenters. The molecule has 0 saturated carbocycles. The SMILES string of the molecule is COCCN(CC(F)F)C(=O)c1ccc(Sc2nncn2C)c([N+](=O)[O-])c1. The lowest BCUT2D eigenvalue weighted by molar-refractivity contribution is -0.387. The molecule has 1 aromatic carbocycles. The molecular weight excluding hydrogens is 384 g/mol. The summed E-state index contributed by atoms with van der Waals surface area (Å²) in [4.78, 5) is 24.5. The van der Waals surface area contributed by atoms with Gasteiger partial charge in [0.05, 0.1) is 23.0 Å². The topological polar surface area (TPSA) is 103 Å². The average molecular weight is 401 g/mol. The van der Waals surface area contributed by atoms with Crippen molar-refractivity contribution in [3.63, 3.8) is 0 Å². The minimum absolute atomic E-state index is 0.0527. The number of aryl methyl sites for hydroxylation is 1. The fourth-order valence-corrected chi connectivity index (χ4v) is 3.02. The second-order valence-electron chi connectivity index (χ2n) is 5.40. The molecule has 0 N–H and O–H groups in total. The third kappa shape index (κ3) is 5.44. The first kappa shape index (κ1) is 20.7. The number of rotatable bonds is 9. The number of nitro benzene ring substituents is 1. The van der Waals surface area contributed by atoms with Crippen LogP contribution in [-0.4, -0.2) is 63.7 Å². The highest BCUT2D eigenvalue weighted by atomic mass is 32.2. The zero-order valence-electron chi connectivity index (χ0n) is 14.5. The zero-order chi connectivity index (χ0) is 20.0. The van der Waals surface area contributed by atoms with Crippen LogP contribution in [-0.2, 0) is 11.8 Å². The lowest BCUT2D eigenvalue weighted by Crippen LogP contribution is -2.37. The van der Waals surface area contributed by atoms with Gasteiger partial charge >= 0.3 is 0 Å². The van der Waals surface area contributed by atoms with E-state index in [0.29, 0.717) is 5.16 Å². The number of benzene rings is 1. The lowest BCUT2D eigenvalue weighted by atomic mass is 10.1. The largest absolute Gasteiger partial charge is 0.383 e. The third-order valence-corrected chi connectivity index (χ3v) is 4.60. The fraction of sp³-hybridized carbons (Fsp3) is 0.400. The number of hydrogen-bond acceptors (Lipinski definition) is 7. The Morgan fingerprint density at radius 1 is 1.48 bits per heavy atom. The number of amides is 1.